The van der Waals surface area contributed by atoms with Crippen LogP contribution in [0.2, 0.25) is 0 Å². The number of methoxy groups -OCH3 is 1. The van der Waals surface area contributed by atoms with Gasteiger partial charge in [0.15, 0.2) is 0 Å². The molecule has 0 aliphatic carbocycles. The molecule has 1 aromatic rings. The maximum Gasteiger partial charge on any atom is 0.337 e. The number of halogens is 1. The van der Waals surface area contributed by atoms with Gasteiger partial charge >= 0.3 is 5.97 Å². The average molecular weight is 271 g/mol. The molecule has 0 amide bonds. The second-order valence-corrected chi connectivity index (χ2v) is 4.35. The Labute approximate surface area is 113 Å². The molecule has 0 unspecified atom stereocenters. The third-order valence-corrected chi connectivity index (χ3v) is 2.84. The number of esters is 1. The maximum atomic E-state index is 11.2. The van der Waals surface area contributed by atoms with Crippen molar-refractivity contribution in [2.75, 3.05) is 19.6 Å². The fourth-order valence-corrected chi connectivity index (χ4v) is 1.73. The van der Waals surface area contributed by atoms with Crippen molar-refractivity contribution in [3.8, 4) is 5.75 Å². The Hall–Kier alpha value is -1.22. The van der Waals surface area contributed by atoms with Gasteiger partial charge in [0.2, 0.25) is 0 Å². The second kappa shape index (κ2) is 8.81. The molecule has 1 aromatic carbocycles. The van der Waals surface area contributed by atoms with E-state index in [2.05, 4.69) is 4.74 Å². The zero-order valence-electron chi connectivity index (χ0n) is 10.7. The van der Waals surface area contributed by atoms with Gasteiger partial charge in [-0.1, -0.05) is 12.8 Å². The highest BCUT2D eigenvalue weighted by atomic mass is 35.5. The molecule has 0 saturated carbocycles. The van der Waals surface area contributed by atoms with Gasteiger partial charge < -0.3 is 9.47 Å². The van der Waals surface area contributed by atoms with Crippen LogP contribution in [0.15, 0.2) is 24.3 Å². The van der Waals surface area contributed by atoms with Crippen LogP contribution in [0.4, 0.5) is 0 Å². The molecule has 0 aliphatic heterocycles. The molecule has 0 fully saturated rings. The lowest BCUT2D eigenvalue weighted by molar-refractivity contribution is 0.0600. The quantitative estimate of drug-likeness (QED) is 0.411. The summed E-state index contributed by atoms with van der Waals surface area (Å²) in [5.74, 6) is 1.18. The largest absolute Gasteiger partial charge is 0.494 e. The number of hydrogen-bond acceptors (Lipinski definition) is 3. The average Bonchev–Trinajstić information content (AvgIpc) is 2.42. The summed E-state index contributed by atoms with van der Waals surface area (Å²) < 4.78 is 10.2. The minimum Gasteiger partial charge on any atom is -0.494 e. The summed E-state index contributed by atoms with van der Waals surface area (Å²) in [4.78, 5) is 11.2. The van der Waals surface area contributed by atoms with Crippen LogP contribution >= 0.6 is 11.6 Å². The molecule has 0 aromatic heterocycles. The molecule has 0 N–H and O–H groups in total. The summed E-state index contributed by atoms with van der Waals surface area (Å²) >= 11 is 5.59. The van der Waals surface area contributed by atoms with Crippen molar-refractivity contribution in [3.63, 3.8) is 0 Å². The van der Waals surface area contributed by atoms with Crippen LogP contribution < -0.4 is 4.74 Å². The lowest BCUT2D eigenvalue weighted by Crippen LogP contribution is -2.01. The van der Waals surface area contributed by atoms with Crippen molar-refractivity contribution < 1.29 is 14.3 Å². The Morgan fingerprint density at radius 3 is 2.39 bits per heavy atom. The van der Waals surface area contributed by atoms with Crippen molar-refractivity contribution in [2.45, 2.75) is 25.7 Å². The minimum atomic E-state index is -0.331. The van der Waals surface area contributed by atoms with Crippen LogP contribution in [0, 0.1) is 0 Å². The lowest BCUT2D eigenvalue weighted by Gasteiger charge is -2.06. The zero-order valence-corrected chi connectivity index (χ0v) is 11.4. The first-order chi connectivity index (χ1) is 8.77. The van der Waals surface area contributed by atoms with E-state index in [0.717, 1.165) is 37.3 Å². The van der Waals surface area contributed by atoms with Crippen molar-refractivity contribution in [2.24, 2.45) is 0 Å². The van der Waals surface area contributed by atoms with E-state index < -0.39 is 0 Å². The fraction of sp³-hybridized carbons (Fsp3) is 0.500. The standard InChI is InChI=1S/C14H19ClO3/c1-17-14(16)12-6-8-13(9-7-12)18-11-5-3-2-4-10-15/h6-9H,2-5,10-11H2,1H3. The number of carbonyl (C=O) groups excluding carboxylic acids is 1. The summed E-state index contributed by atoms with van der Waals surface area (Å²) in [5.41, 5.74) is 0.534. The van der Waals surface area contributed by atoms with E-state index in [1.54, 1.807) is 24.3 Å². The molecular weight excluding hydrogens is 252 g/mol. The molecule has 18 heavy (non-hydrogen) atoms. The molecule has 4 heteroatoms. The van der Waals surface area contributed by atoms with Crippen LogP contribution in [0.3, 0.4) is 0 Å². The van der Waals surface area contributed by atoms with Crippen molar-refractivity contribution >= 4 is 17.6 Å². The highest BCUT2D eigenvalue weighted by Gasteiger charge is 2.04. The molecule has 3 nitrogen and oxygen atoms in total. The lowest BCUT2D eigenvalue weighted by atomic mass is 10.2. The Morgan fingerprint density at radius 2 is 1.78 bits per heavy atom. The molecular formula is C14H19ClO3. The molecule has 0 heterocycles. The Balaban J connectivity index is 2.25. The number of alkyl halides is 1. The van der Waals surface area contributed by atoms with Crippen LogP contribution in [0.1, 0.15) is 36.0 Å². The topological polar surface area (TPSA) is 35.5 Å². The van der Waals surface area contributed by atoms with Gasteiger partial charge in [0, 0.05) is 5.88 Å². The predicted octanol–water partition coefficient (Wildman–Crippen LogP) is 3.65. The van der Waals surface area contributed by atoms with Gasteiger partial charge in [0.05, 0.1) is 19.3 Å². The summed E-state index contributed by atoms with van der Waals surface area (Å²) in [6.45, 7) is 0.694. The summed E-state index contributed by atoms with van der Waals surface area (Å²) in [6, 6.07) is 6.97. The van der Waals surface area contributed by atoms with Gasteiger partial charge in [0.1, 0.15) is 5.75 Å². The molecule has 0 aliphatic rings. The predicted molar refractivity (Wildman–Crippen MR) is 72.5 cm³/mol. The third-order valence-electron chi connectivity index (χ3n) is 2.57. The van der Waals surface area contributed by atoms with Gasteiger partial charge in [-0.15, -0.1) is 11.6 Å². The molecule has 0 saturated heterocycles. The number of hydrogen-bond donors (Lipinski definition) is 0. The van der Waals surface area contributed by atoms with E-state index >= 15 is 0 Å². The maximum absolute atomic E-state index is 11.2. The van der Waals surface area contributed by atoms with Gasteiger partial charge in [-0.2, -0.15) is 0 Å². The molecule has 0 bridgehead atoms. The molecule has 100 valence electrons. The molecule has 0 radical (unpaired) electrons. The Bertz CT molecular complexity index is 349. The molecule has 1 rings (SSSR count). The number of carbonyl (C=O) groups is 1. The van der Waals surface area contributed by atoms with E-state index in [0.29, 0.717) is 12.2 Å². The van der Waals surface area contributed by atoms with Crippen molar-refractivity contribution in [1.82, 2.24) is 0 Å². The first-order valence-corrected chi connectivity index (χ1v) is 6.68. The molecule has 0 atom stereocenters. The minimum absolute atomic E-state index is 0.331. The second-order valence-electron chi connectivity index (χ2n) is 3.97. The number of unbranched alkanes of at least 4 members (excludes halogenated alkanes) is 3. The monoisotopic (exact) mass is 270 g/mol. The van der Waals surface area contributed by atoms with Crippen LogP contribution in [-0.2, 0) is 4.74 Å². The highest BCUT2D eigenvalue weighted by molar-refractivity contribution is 6.17. The Kier molecular flexibility index (Phi) is 7.26. The SMILES string of the molecule is COC(=O)c1ccc(OCCCCCCCl)cc1. The summed E-state index contributed by atoms with van der Waals surface area (Å²) in [5, 5.41) is 0. The summed E-state index contributed by atoms with van der Waals surface area (Å²) in [6.07, 6.45) is 4.37. The summed E-state index contributed by atoms with van der Waals surface area (Å²) in [7, 11) is 1.37. The first kappa shape index (κ1) is 14.8. The molecule has 0 spiro atoms. The Morgan fingerprint density at radius 1 is 1.11 bits per heavy atom. The van der Waals surface area contributed by atoms with Gasteiger partial charge in [-0.05, 0) is 37.1 Å². The van der Waals surface area contributed by atoms with Crippen molar-refractivity contribution in [1.29, 1.82) is 0 Å². The van der Waals surface area contributed by atoms with Crippen LogP contribution in [0.5, 0.6) is 5.75 Å². The van der Waals surface area contributed by atoms with E-state index in [1.165, 1.54) is 7.11 Å². The number of ether oxygens (including phenoxy) is 2. The third kappa shape index (κ3) is 5.41. The zero-order chi connectivity index (χ0) is 13.2. The number of benzene rings is 1. The van der Waals surface area contributed by atoms with Gasteiger partial charge in [0.25, 0.3) is 0 Å². The van der Waals surface area contributed by atoms with Crippen LogP contribution in [-0.4, -0.2) is 25.6 Å². The van der Waals surface area contributed by atoms with E-state index in [1.807, 2.05) is 0 Å². The van der Waals surface area contributed by atoms with E-state index in [9.17, 15) is 4.79 Å². The number of rotatable bonds is 8. The fourth-order valence-electron chi connectivity index (χ4n) is 1.55. The van der Waals surface area contributed by atoms with Gasteiger partial charge in [-0.3, -0.25) is 0 Å². The van der Waals surface area contributed by atoms with E-state index in [4.69, 9.17) is 16.3 Å². The smallest absolute Gasteiger partial charge is 0.337 e. The van der Waals surface area contributed by atoms with Gasteiger partial charge in [-0.25, -0.2) is 4.79 Å². The highest BCUT2D eigenvalue weighted by Crippen LogP contribution is 2.13. The first-order valence-electron chi connectivity index (χ1n) is 6.15. The normalized spacial score (nSPS) is 10.1. The van der Waals surface area contributed by atoms with Crippen molar-refractivity contribution in [3.05, 3.63) is 29.8 Å². The van der Waals surface area contributed by atoms with E-state index in [-0.39, 0.29) is 5.97 Å². The van der Waals surface area contributed by atoms with Crippen LogP contribution in [0.25, 0.3) is 0 Å².